The number of nitrogens with zero attached hydrogens (tertiary/aromatic N) is 2. The van der Waals surface area contributed by atoms with Gasteiger partial charge >= 0.3 is 0 Å². The molecule has 0 aliphatic rings. The van der Waals surface area contributed by atoms with Gasteiger partial charge in [-0.2, -0.15) is 5.10 Å². The van der Waals surface area contributed by atoms with Gasteiger partial charge in [-0.05, 0) is 67.9 Å². The van der Waals surface area contributed by atoms with Gasteiger partial charge in [0.05, 0.1) is 28.9 Å². The zero-order valence-electron chi connectivity index (χ0n) is 17.6. The van der Waals surface area contributed by atoms with E-state index in [1.54, 1.807) is 28.9 Å². The van der Waals surface area contributed by atoms with Crippen LogP contribution >= 0.6 is 15.9 Å². The minimum Gasteiger partial charge on any atom is -0.459 e. The van der Waals surface area contributed by atoms with Crippen LogP contribution in [0.4, 0.5) is 5.69 Å². The van der Waals surface area contributed by atoms with Crippen LogP contribution in [0.1, 0.15) is 37.9 Å². The fraction of sp³-hybridized carbons (Fsp3) is 0.125. The minimum atomic E-state index is -0.315. The summed E-state index contributed by atoms with van der Waals surface area (Å²) in [7, 11) is 0. The number of aromatic nitrogens is 2. The predicted molar refractivity (Wildman–Crippen MR) is 125 cm³/mol. The number of furan rings is 1. The number of halogens is 1. The van der Waals surface area contributed by atoms with Gasteiger partial charge in [0.1, 0.15) is 0 Å². The number of hydrogen-bond acceptors (Lipinski definition) is 4. The van der Waals surface area contributed by atoms with E-state index in [0.717, 1.165) is 21.4 Å². The number of aryl methyl sites for hydroxylation is 1. The zero-order chi connectivity index (χ0) is 22.7. The van der Waals surface area contributed by atoms with Gasteiger partial charge in [0.2, 0.25) is 0 Å². The van der Waals surface area contributed by atoms with Crippen molar-refractivity contribution >= 4 is 33.4 Å². The maximum absolute atomic E-state index is 12.9. The Bertz CT molecular complexity index is 1240. The lowest BCUT2D eigenvalue weighted by molar-refractivity contribution is 0.0948. The van der Waals surface area contributed by atoms with E-state index in [1.165, 1.54) is 6.26 Å². The van der Waals surface area contributed by atoms with Crippen LogP contribution in [0.3, 0.4) is 0 Å². The number of carbonyl (C=O) groups excluding carboxylic acids is 2. The van der Waals surface area contributed by atoms with Gasteiger partial charge in [-0.1, -0.05) is 28.1 Å². The molecule has 32 heavy (non-hydrogen) atoms. The van der Waals surface area contributed by atoms with Crippen LogP contribution in [-0.4, -0.2) is 21.6 Å². The third-order valence-electron chi connectivity index (χ3n) is 5.00. The number of benzene rings is 2. The molecule has 0 saturated heterocycles. The second kappa shape index (κ2) is 9.23. The van der Waals surface area contributed by atoms with Gasteiger partial charge in [-0.15, -0.1) is 0 Å². The number of anilines is 1. The highest BCUT2D eigenvalue weighted by Gasteiger charge is 2.19. The molecule has 4 aromatic rings. The summed E-state index contributed by atoms with van der Waals surface area (Å²) in [6.45, 7) is 4.06. The van der Waals surface area contributed by atoms with Crippen molar-refractivity contribution < 1.29 is 14.0 Å². The fourth-order valence-electron chi connectivity index (χ4n) is 3.38. The Balaban J connectivity index is 1.40. The third kappa shape index (κ3) is 4.65. The summed E-state index contributed by atoms with van der Waals surface area (Å²) in [6.07, 6.45) is 1.45. The minimum absolute atomic E-state index is 0.182. The normalized spacial score (nSPS) is 10.7. The van der Waals surface area contributed by atoms with Gasteiger partial charge in [0.15, 0.2) is 5.76 Å². The van der Waals surface area contributed by atoms with Crippen LogP contribution in [0.15, 0.2) is 75.8 Å². The van der Waals surface area contributed by atoms with Crippen molar-refractivity contribution in [2.45, 2.75) is 20.4 Å². The van der Waals surface area contributed by atoms with Gasteiger partial charge < -0.3 is 15.1 Å². The Morgan fingerprint density at radius 2 is 1.72 bits per heavy atom. The Morgan fingerprint density at radius 3 is 2.38 bits per heavy atom. The average Bonchev–Trinajstić information content (AvgIpc) is 3.42. The van der Waals surface area contributed by atoms with Gasteiger partial charge in [-0.25, -0.2) is 4.68 Å². The number of nitrogens with one attached hydrogen (secondary N) is 2. The van der Waals surface area contributed by atoms with Crippen LogP contribution in [-0.2, 0) is 6.54 Å². The highest BCUT2D eigenvalue weighted by atomic mass is 79.9. The molecular weight excluding hydrogens is 472 g/mol. The summed E-state index contributed by atoms with van der Waals surface area (Å²) in [5.41, 5.74) is 4.45. The van der Waals surface area contributed by atoms with E-state index < -0.39 is 0 Å². The monoisotopic (exact) mass is 492 g/mol. The first-order valence-corrected chi connectivity index (χ1v) is 10.8. The summed E-state index contributed by atoms with van der Waals surface area (Å²) in [4.78, 5) is 24.9. The van der Waals surface area contributed by atoms with E-state index in [2.05, 4.69) is 31.7 Å². The van der Waals surface area contributed by atoms with Crippen LogP contribution in [0, 0.1) is 13.8 Å². The van der Waals surface area contributed by atoms with E-state index in [4.69, 9.17) is 4.42 Å². The van der Waals surface area contributed by atoms with E-state index in [0.29, 0.717) is 23.5 Å². The highest BCUT2D eigenvalue weighted by Crippen LogP contribution is 2.20. The number of hydrogen-bond donors (Lipinski definition) is 2. The molecule has 0 unspecified atom stereocenters. The summed E-state index contributed by atoms with van der Waals surface area (Å²) < 4.78 is 7.83. The molecule has 0 atom stereocenters. The van der Waals surface area contributed by atoms with Crippen LogP contribution < -0.4 is 10.6 Å². The number of rotatable bonds is 6. The maximum Gasteiger partial charge on any atom is 0.291 e. The first kappa shape index (κ1) is 21.6. The van der Waals surface area contributed by atoms with E-state index in [9.17, 15) is 9.59 Å². The molecule has 2 aromatic heterocycles. The number of amides is 2. The van der Waals surface area contributed by atoms with Crippen LogP contribution in [0.25, 0.3) is 5.69 Å². The fourth-order valence-corrected chi connectivity index (χ4v) is 3.65. The molecule has 0 aliphatic carbocycles. The molecule has 2 N–H and O–H groups in total. The second-order valence-corrected chi connectivity index (χ2v) is 8.16. The maximum atomic E-state index is 12.9. The molecule has 0 saturated carbocycles. The van der Waals surface area contributed by atoms with Gasteiger partial charge in [0.25, 0.3) is 11.8 Å². The van der Waals surface area contributed by atoms with Crippen molar-refractivity contribution in [2.75, 3.05) is 5.32 Å². The lowest BCUT2D eigenvalue weighted by Crippen LogP contribution is -2.24. The van der Waals surface area contributed by atoms with Crippen molar-refractivity contribution in [1.29, 1.82) is 0 Å². The quantitative estimate of drug-likeness (QED) is 0.395. The van der Waals surface area contributed by atoms with E-state index in [-0.39, 0.29) is 17.6 Å². The molecule has 0 fully saturated rings. The molecule has 8 heteroatoms. The molecular formula is C24H21BrN4O3. The molecule has 2 heterocycles. The molecule has 0 spiro atoms. The topological polar surface area (TPSA) is 89.2 Å². The van der Waals surface area contributed by atoms with Crippen molar-refractivity contribution in [3.05, 3.63) is 99.7 Å². The SMILES string of the molecule is Cc1nn(-c2ccc(Br)cc2)c(C)c1C(=O)NCc1ccc(NC(=O)c2ccco2)cc1. The summed E-state index contributed by atoms with van der Waals surface area (Å²) in [5.74, 6) is -0.251. The Kier molecular flexibility index (Phi) is 6.23. The molecule has 0 bridgehead atoms. The predicted octanol–water partition coefficient (Wildman–Crippen LogP) is 5.03. The largest absolute Gasteiger partial charge is 0.459 e. The van der Waals surface area contributed by atoms with E-state index in [1.807, 2.05) is 50.2 Å². The lowest BCUT2D eigenvalue weighted by atomic mass is 10.1. The molecule has 4 rings (SSSR count). The number of carbonyl (C=O) groups is 2. The lowest BCUT2D eigenvalue weighted by Gasteiger charge is -2.08. The smallest absolute Gasteiger partial charge is 0.291 e. The first-order valence-electron chi connectivity index (χ1n) is 9.96. The Labute approximate surface area is 193 Å². The van der Waals surface area contributed by atoms with Crippen molar-refractivity contribution in [3.63, 3.8) is 0 Å². The summed E-state index contributed by atoms with van der Waals surface area (Å²) in [5, 5.41) is 10.3. The molecule has 0 aliphatic heterocycles. The summed E-state index contributed by atoms with van der Waals surface area (Å²) in [6, 6.07) is 18.3. The zero-order valence-corrected chi connectivity index (χ0v) is 19.1. The van der Waals surface area contributed by atoms with Crippen molar-refractivity contribution in [1.82, 2.24) is 15.1 Å². The Morgan fingerprint density at radius 1 is 1.00 bits per heavy atom. The van der Waals surface area contributed by atoms with E-state index >= 15 is 0 Å². The standard InChI is InChI=1S/C24H21BrN4O3/c1-15-22(16(2)29(28-15)20-11-7-18(25)8-12-20)24(31)26-14-17-5-9-19(10-6-17)27-23(30)21-4-3-13-32-21/h3-13H,14H2,1-2H3,(H,26,31)(H,27,30). The highest BCUT2D eigenvalue weighted by molar-refractivity contribution is 9.10. The molecule has 2 amide bonds. The molecule has 0 radical (unpaired) electrons. The summed E-state index contributed by atoms with van der Waals surface area (Å²) >= 11 is 3.43. The average molecular weight is 493 g/mol. The van der Waals surface area contributed by atoms with Crippen molar-refractivity contribution in [3.8, 4) is 5.69 Å². The van der Waals surface area contributed by atoms with Crippen LogP contribution in [0.5, 0.6) is 0 Å². The molecule has 162 valence electrons. The van der Waals surface area contributed by atoms with Crippen LogP contribution in [0.2, 0.25) is 0 Å². The van der Waals surface area contributed by atoms with Gasteiger partial charge in [-0.3, -0.25) is 9.59 Å². The molecule has 7 nitrogen and oxygen atoms in total. The first-order chi connectivity index (χ1) is 15.4. The van der Waals surface area contributed by atoms with Gasteiger partial charge in [0, 0.05) is 16.7 Å². The molecule has 2 aromatic carbocycles. The second-order valence-electron chi connectivity index (χ2n) is 7.25. The van der Waals surface area contributed by atoms with Crippen molar-refractivity contribution in [2.24, 2.45) is 0 Å². The third-order valence-corrected chi connectivity index (χ3v) is 5.53. The Hall–Kier alpha value is -3.65.